The fourth-order valence-corrected chi connectivity index (χ4v) is 1.81. The first-order valence-corrected chi connectivity index (χ1v) is 7.08. The standard InChI is InChI=1S/C14H21NO2S/c1-12(15-18(16)14(2,3)4)10-17-11-13-8-6-5-7-9-13/h5-9H,10-11H2,1-4H3. The third kappa shape index (κ3) is 5.67. The lowest BCUT2D eigenvalue weighted by atomic mass is 10.2. The number of benzene rings is 1. The van der Waals surface area contributed by atoms with Gasteiger partial charge >= 0.3 is 0 Å². The van der Waals surface area contributed by atoms with Crippen molar-refractivity contribution >= 4 is 17.1 Å². The zero-order valence-corrected chi connectivity index (χ0v) is 12.3. The van der Waals surface area contributed by atoms with E-state index in [0.717, 1.165) is 11.3 Å². The van der Waals surface area contributed by atoms with Crippen molar-refractivity contribution in [3.05, 3.63) is 35.9 Å². The van der Waals surface area contributed by atoms with Crippen LogP contribution in [0.5, 0.6) is 0 Å². The molecule has 1 atom stereocenters. The summed E-state index contributed by atoms with van der Waals surface area (Å²) in [6.07, 6.45) is 0. The van der Waals surface area contributed by atoms with Crippen molar-refractivity contribution in [3.63, 3.8) is 0 Å². The topological polar surface area (TPSA) is 44.6 Å². The van der Waals surface area contributed by atoms with E-state index >= 15 is 0 Å². The van der Waals surface area contributed by atoms with Crippen molar-refractivity contribution in [2.24, 2.45) is 4.40 Å². The quantitative estimate of drug-likeness (QED) is 0.607. The Morgan fingerprint density at radius 1 is 1.28 bits per heavy atom. The zero-order chi connectivity index (χ0) is 13.6. The van der Waals surface area contributed by atoms with E-state index in [0.29, 0.717) is 13.2 Å². The molecule has 0 aliphatic heterocycles. The Morgan fingerprint density at radius 3 is 2.44 bits per heavy atom. The number of nitrogens with zero attached hydrogens (tertiary/aromatic N) is 1. The molecule has 1 rings (SSSR count). The van der Waals surface area contributed by atoms with Gasteiger partial charge in [0.25, 0.3) is 0 Å². The minimum absolute atomic E-state index is 0.319. The summed E-state index contributed by atoms with van der Waals surface area (Å²) >= 11 is -1.21. The van der Waals surface area contributed by atoms with Gasteiger partial charge in [-0.05, 0) is 33.3 Å². The van der Waals surface area contributed by atoms with E-state index in [9.17, 15) is 4.55 Å². The lowest BCUT2D eigenvalue weighted by Crippen LogP contribution is -2.27. The van der Waals surface area contributed by atoms with Crippen LogP contribution in [0.1, 0.15) is 33.3 Å². The highest BCUT2D eigenvalue weighted by molar-refractivity contribution is 7.91. The molecule has 0 heterocycles. The van der Waals surface area contributed by atoms with Crippen LogP contribution in [0, 0.1) is 0 Å². The Kier molecular flexibility index (Phi) is 5.85. The molecule has 0 spiro atoms. The van der Waals surface area contributed by atoms with Crippen LogP contribution in [0.2, 0.25) is 0 Å². The van der Waals surface area contributed by atoms with Crippen molar-refractivity contribution in [2.45, 2.75) is 39.0 Å². The summed E-state index contributed by atoms with van der Waals surface area (Å²) in [7, 11) is 0. The smallest absolute Gasteiger partial charge is 0.144 e. The summed E-state index contributed by atoms with van der Waals surface area (Å²) in [5, 5.41) is 0. The van der Waals surface area contributed by atoms with E-state index in [1.165, 1.54) is 0 Å². The van der Waals surface area contributed by atoms with Crippen LogP contribution < -0.4 is 0 Å². The molecule has 0 bridgehead atoms. The second-order valence-corrected chi connectivity index (χ2v) is 7.07. The molecule has 0 aliphatic carbocycles. The molecule has 0 aliphatic rings. The van der Waals surface area contributed by atoms with Gasteiger partial charge in [0.05, 0.1) is 18.9 Å². The summed E-state index contributed by atoms with van der Waals surface area (Å²) in [6, 6.07) is 9.96. The van der Waals surface area contributed by atoms with E-state index in [1.807, 2.05) is 58.0 Å². The van der Waals surface area contributed by atoms with Crippen LogP contribution in [0.25, 0.3) is 0 Å². The Morgan fingerprint density at radius 2 is 1.89 bits per heavy atom. The number of rotatable bonds is 5. The van der Waals surface area contributed by atoms with Crippen LogP contribution in [0.4, 0.5) is 0 Å². The van der Waals surface area contributed by atoms with E-state index < -0.39 is 11.4 Å². The normalized spacial score (nSPS) is 14.6. The minimum Gasteiger partial charge on any atom is -0.591 e. The number of ether oxygens (including phenoxy) is 1. The largest absolute Gasteiger partial charge is 0.591 e. The summed E-state index contributed by atoms with van der Waals surface area (Å²) < 4.78 is 21.1. The fourth-order valence-electron chi connectivity index (χ4n) is 1.20. The van der Waals surface area contributed by atoms with Crippen LogP contribution in [-0.2, 0) is 22.7 Å². The second-order valence-electron chi connectivity index (χ2n) is 5.17. The second kappa shape index (κ2) is 6.92. The van der Waals surface area contributed by atoms with Gasteiger partial charge in [0.1, 0.15) is 16.1 Å². The molecule has 0 saturated carbocycles. The third-order valence-electron chi connectivity index (χ3n) is 2.19. The van der Waals surface area contributed by atoms with Crippen LogP contribution >= 0.6 is 0 Å². The average Bonchev–Trinajstić information content (AvgIpc) is 2.29. The molecule has 0 aromatic heterocycles. The van der Waals surface area contributed by atoms with Crippen molar-refractivity contribution < 1.29 is 9.29 Å². The van der Waals surface area contributed by atoms with Gasteiger partial charge in [-0.25, -0.2) is 0 Å². The molecule has 1 aromatic carbocycles. The number of hydrogen-bond acceptors (Lipinski definition) is 3. The molecule has 100 valence electrons. The molecule has 0 saturated heterocycles. The Balaban J connectivity index is 2.37. The molecule has 18 heavy (non-hydrogen) atoms. The van der Waals surface area contributed by atoms with Crippen molar-refractivity contribution in [1.29, 1.82) is 0 Å². The lowest BCUT2D eigenvalue weighted by Gasteiger charge is -2.18. The van der Waals surface area contributed by atoms with Crippen LogP contribution in [0.3, 0.4) is 0 Å². The average molecular weight is 267 g/mol. The van der Waals surface area contributed by atoms with E-state index in [-0.39, 0.29) is 4.75 Å². The summed E-state index contributed by atoms with van der Waals surface area (Å²) in [5.41, 5.74) is 1.89. The summed E-state index contributed by atoms with van der Waals surface area (Å²) in [6.45, 7) is 8.53. The zero-order valence-electron chi connectivity index (χ0n) is 11.5. The van der Waals surface area contributed by atoms with E-state index in [4.69, 9.17) is 4.74 Å². The lowest BCUT2D eigenvalue weighted by molar-refractivity contribution is 0.158. The summed E-state index contributed by atoms with van der Waals surface area (Å²) in [5.74, 6) is 0. The van der Waals surface area contributed by atoms with Gasteiger partial charge < -0.3 is 9.29 Å². The molecule has 0 amide bonds. The molecular weight excluding hydrogens is 246 g/mol. The van der Waals surface area contributed by atoms with Gasteiger partial charge in [-0.1, -0.05) is 34.7 Å². The monoisotopic (exact) mass is 267 g/mol. The Hall–Kier alpha value is -0.840. The first-order chi connectivity index (χ1) is 8.39. The molecule has 3 nitrogen and oxygen atoms in total. The van der Waals surface area contributed by atoms with E-state index in [1.54, 1.807) is 0 Å². The maximum atomic E-state index is 11.8. The van der Waals surface area contributed by atoms with Gasteiger partial charge in [0.15, 0.2) is 0 Å². The highest BCUT2D eigenvalue weighted by Gasteiger charge is 2.26. The summed E-state index contributed by atoms with van der Waals surface area (Å²) in [4.78, 5) is 0. The molecule has 1 aromatic rings. The van der Waals surface area contributed by atoms with Gasteiger partial charge in [-0.2, -0.15) is 0 Å². The molecular formula is C14H21NO2S. The van der Waals surface area contributed by atoms with Crippen LogP contribution in [0.15, 0.2) is 34.7 Å². The van der Waals surface area contributed by atoms with Gasteiger partial charge in [-0.3, -0.25) is 0 Å². The molecule has 0 fully saturated rings. The first kappa shape index (κ1) is 15.2. The third-order valence-corrected chi connectivity index (χ3v) is 3.71. The maximum absolute atomic E-state index is 11.8. The highest BCUT2D eigenvalue weighted by Crippen LogP contribution is 2.17. The van der Waals surface area contributed by atoms with E-state index in [2.05, 4.69) is 4.40 Å². The predicted octanol–water partition coefficient (Wildman–Crippen LogP) is 3.13. The molecule has 0 radical (unpaired) electrons. The van der Waals surface area contributed by atoms with Gasteiger partial charge in [-0.15, -0.1) is 0 Å². The predicted molar refractivity (Wildman–Crippen MR) is 77.1 cm³/mol. The molecule has 1 unspecified atom stereocenters. The van der Waals surface area contributed by atoms with Gasteiger partial charge in [0, 0.05) is 0 Å². The van der Waals surface area contributed by atoms with Gasteiger partial charge in [0.2, 0.25) is 0 Å². The Bertz CT molecular complexity index is 385. The van der Waals surface area contributed by atoms with Crippen molar-refractivity contribution in [3.8, 4) is 0 Å². The minimum atomic E-state index is -1.21. The molecule has 4 heteroatoms. The Labute approximate surface area is 113 Å². The van der Waals surface area contributed by atoms with Crippen molar-refractivity contribution in [2.75, 3.05) is 6.61 Å². The molecule has 0 N–H and O–H groups in total. The SMILES string of the molecule is CC(COCc1ccccc1)=N[S+]([O-])C(C)(C)C. The highest BCUT2D eigenvalue weighted by atomic mass is 32.2. The fraction of sp³-hybridized carbons (Fsp3) is 0.500. The first-order valence-electron chi connectivity index (χ1n) is 5.97. The van der Waals surface area contributed by atoms with Crippen LogP contribution in [-0.4, -0.2) is 21.6 Å². The maximum Gasteiger partial charge on any atom is 0.144 e. The number of hydrogen-bond donors (Lipinski definition) is 0. The van der Waals surface area contributed by atoms with Crippen molar-refractivity contribution in [1.82, 2.24) is 0 Å².